The molecule has 23 heteroatoms. The summed E-state index contributed by atoms with van der Waals surface area (Å²) >= 11 is 0. The second-order valence-corrected chi connectivity index (χ2v) is 14.7. The molecule has 0 unspecified atom stereocenters. The van der Waals surface area contributed by atoms with Crippen molar-refractivity contribution in [2.45, 2.75) is 96.6 Å². The summed E-state index contributed by atoms with van der Waals surface area (Å²) in [6.07, 6.45) is -3.04. The third kappa shape index (κ3) is 15.0. The van der Waals surface area contributed by atoms with Gasteiger partial charge in [0.2, 0.25) is 47.2 Å². The van der Waals surface area contributed by atoms with Crippen LogP contribution in [0.1, 0.15) is 58.6 Å². The Kier molecular flexibility index (Phi) is 19.0. The van der Waals surface area contributed by atoms with Gasteiger partial charge in [0.15, 0.2) is 23.3 Å². The lowest BCUT2D eigenvalue weighted by molar-refractivity contribution is -0.139. The van der Waals surface area contributed by atoms with Crippen molar-refractivity contribution in [2.24, 2.45) is 23.3 Å². The number of halogens is 5. The van der Waals surface area contributed by atoms with E-state index in [1.807, 2.05) is 5.32 Å². The molecule has 7 amide bonds. The molecular weight excluding hydrogens is 823 g/mol. The molecule has 0 heterocycles. The number of carbonyl (C=O) groups is 8. The molecule has 12 N–H and O–H groups in total. The Bertz CT molecular complexity index is 1940. The number of carbonyl (C=O) groups excluding carboxylic acids is 7. The predicted molar refractivity (Wildman–Crippen MR) is 204 cm³/mol. The van der Waals surface area contributed by atoms with Gasteiger partial charge < -0.3 is 53.6 Å². The van der Waals surface area contributed by atoms with E-state index < -0.39 is 156 Å². The van der Waals surface area contributed by atoms with Crippen molar-refractivity contribution in [1.29, 1.82) is 0 Å². The maximum absolute atomic E-state index is 14.9. The van der Waals surface area contributed by atoms with E-state index in [2.05, 4.69) is 26.6 Å². The molecule has 0 bridgehead atoms. The number of phenols is 1. The minimum Gasteiger partial charge on any atom is -0.508 e. The first-order chi connectivity index (χ1) is 28.3. The molecule has 0 fully saturated rings. The zero-order chi connectivity index (χ0) is 46.5. The van der Waals surface area contributed by atoms with Crippen molar-refractivity contribution in [3.05, 3.63) is 64.5 Å². The van der Waals surface area contributed by atoms with Crippen LogP contribution in [0.15, 0.2) is 24.3 Å². The minimum atomic E-state index is -2.52. The van der Waals surface area contributed by atoms with Crippen molar-refractivity contribution < 1.29 is 70.5 Å². The van der Waals surface area contributed by atoms with E-state index >= 15 is 0 Å². The number of aromatic hydroxyl groups is 1. The summed E-state index contributed by atoms with van der Waals surface area (Å²) in [7, 11) is 0. The lowest BCUT2D eigenvalue weighted by Crippen LogP contribution is -2.61. The van der Waals surface area contributed by atoms with E-state index in [1.54, 1.807) is 13.8 Å². The molecule has 0 saturated carbocycles. The number of primary amides is 1. The Morgan fingerprint density at radius 1 is 0.607 bits per heavy atom. The highest BCUT2D eigenvalue weighted by atomic mass is 19.2. The molecule has 18 nitrogen and oxygen atoms in total. The number of nitrogens with one attached hydrogen (secondary N) is 6. The largest absolute Gasteiger partial charge is 0.508 e. The van der Waals surface area contributed by atoms with Crippen LogP contribution >= 0.6 is 0 Å². The van der Waals surface area contributed by atoms with Crippen LogP contribution in [-0.4, -0.2) is 100 Å². The first-order valence-electron chi connectivity index (χ1n) is 18.7. The van der Waals surface area contributed by atoms with Crippen LogP contribution in [0.3, 0.4) is 0 Å². The zero-order valence-electron chi connectivity index (χ0n) is 33.7. The van der Waals surface area contributed by atoms with Gasteiger partial charge >= 0.3 is 5.97 Å². The zero-order valence-corrected chi connectivity index (χ0v) is 33.7. The number of aliphatic carboxylic acids is 1. The molecule has 61 heavy (non-hydrogen) atoms. The first-order valence-corrected chi connectivity index (χ1v) is 18.7. The average Bonchev–Trinajstić information content (AvgIpc) is 3.19. The van der Waals surface area contributed by atoms with E-state index in [1.165, 1.54) is 38.1 Å². The summed E-state index contributed by atoms with van der Waals surface area (Å²) in [5.74, 6) is -22.4. The number of hydrogen-bond donors (Lipinski definition) is 10. The highest BCUT2D eigenvalue weighted by Crippen LogP contribution is 2.24. The lowest BCUT2D eigenvalue weighted by atomic mass is 9.98. The van der Waals surface area contributed by atoms with Gasteiger partial charge in [-0.25, -0.2) is 22.0 Å². The number of benzene rings is 2. The number of hydrogen-bond acceptors (Lipinski definition) is 10. The predicted octanol–water partition coefficient (Wildman–Crippen LogP) is -0.578. The van der Waals surface area contributed by atoms with E-state index in [0.29, 0.717) is 5.56 Å². The van der Waals surface area contributed by atoms with Gasteiger partial charge in [0.1, 0.15) is 36.0 Å². The molecule has 0 aromatic heterocycles. The molecular formula is C38H49F5N8O10. The van der Waals surface area contributed by atoms with Crippen LogP contribution in [0.4, 0.5) is 22.0 Å². The summed E-state index contributed by atoms with van der Waals surface area (Å²) in [5.41, 5.74) is 9.96. The van der Waals surface area contributed by atoms with Gasteiger partial charge in [-0.2, -0.15) is 0 Å². The fraction of sp³-hybridized carbons (Fsp3) is 0.474. The number of amides is 7. The summed E-state index contributed by atoms with van der Waals surface area (Å²) in [4.78, 5) is 102. The third-order valence-electron chi connectivity index (χ3n) is 9.03. The maximum Gasteiger partial charge on any atom is 0.303 e. The van der Waals surface area contributed by atoms with Gasteiger partial charge in [-0.1, -0.05) is 39.8 Å². The van der Waals surface area contributed by atoms with Gasteiger partial charge in [-0.15, -0.1) is 0 Å². The molecule has 0 aliphatic rings. The van der Waals surface area contributed by atoms with Crippen molar-refractivity contribution >= 4 is 47.3 Å². The Morgan fingerprint density at radius 2 is 1.08 bits per heavy atom. The molecule has 2 aromatic rings. The molecule has 0 aliphatic heterocycles. The highest BCUT2D eigenvalue weighted by molar-refractivity contribution is 5.97. The van der Waals surface area contributed by atoms with Crippen LogP contribution < -0.4 is 43.4 Å². The van der Waals surface area contributed by atoms with Crippen LogP contribution in [0.25, 0.3) is 0 Å². The van der Waals surface area contributed by atoms with Gasteiger partial charge in [-0.3, -0.25) is 38.4 Å². The topological polar surface area (TPSA) is 301 Å². The van der Waals surface area contributed by atoms with Crippen LogP contribution in [0, 0.1) is 40.9 Å². The standard InChI is InChI=1S/C38H49F5N8O10/c1-15(2)31(37(60)46-14-24(45)53)51-38(61)32(16(3)4)50-35(58)22(10-11-25(54)55)48-36(59)23(13-20-26(39)28(41)30(43)29(42)27(20)40)49-33(56)17(5)47-34(57)21(44)12-18-6-8-19(52)9-7-18/h6-9,15-17,21-23,31-32,52H,10-14,44H2,1-5H3,(H2,45,53)(H,46,60)(H,47,57)(H,48,59)(H,49,56)(H,50,58)(H,51,61)(H,54,55)/t17-,21+,22+,23+,31+,32+/m1/s1. The first kappa shape index (κ1) is 50.8. The molecule has 336 valence electrons. The number of phenolic OH excluding ortho intramolecular Hbond substituents is 1. The Labute approximate surface area is 346 Å². The monoisotopic (exact) mass is 872 g/mol. The molecule has 0 spiro atoms. The van der Waals surface area contributed by atoms with Crippen molar-refractivity contribution in [3.8, 4) is 5.75 Å². The Morgan fingerprint density at radius 3 is 1.59 bits per heavy atom. The molecule has 0 radical (unpaired) electrons. The lowest BCUT2D eigenvalue weighted by Gasteiger charge is -2.29. The molecule has 2 rings (SSSR count). The molecule has 0 aliphatic carbocycles. The second-order valence-electron chi connectivity index (χ2n) is 14.7. The molecule has 0 saturated heterocycles. The van der Waals surface area contributed by atoms with Crippen molar-refractivity contribution in [1.82, 2.24) is 31.9 Å². The van der Waals surface area contributed by atoms with Gasteiger partial charge in [0.05, 0.1) is 12.6 Å². The molecule has 6 atom stereocenters. The second kappa shape index (κ2) is 22.8. The quantitative estimate of drug-likeness (QED) is 0.0406. The van der Waals surface area contributed by atoms with E-state index in [4.69, 9.17) is 11.5 Å². The number of carboxylic acid groups (broad SMARTS) is 1. The smallest absolute Gasteiger partial charge is 0.303 e. The normalized spacial score (nSPS) is 14.1. The highest BCUT2D eigenvalue weighted by Gasteiger charge is 2.36. The third-order valence-corrected chi connectivity index (χ3v) is 9.03. The minimum absolute atomic E-state index is 0.0597. The molecule has 2 aromatic carbocycles. The summed E-state index contributed by atoms with van der Waals surface area (Å²) < 4.78 is 72.1. The summed E-state index contributed by atoms with van der Waals surface area (Å²) in [6.45, 7) is 6.60. The van der Waals surface area contributed by atoms with E-state index in [9.17, 15) is 70.5 Å². The van der Waals surface area contributed by atoms with E-state index in [-0.39, 0.29) is 12.2 Å². The fourth-order valence-corrected chi connectivity index (χ4v) is 5.56. The number of rotatable bonds is 22. The van der Waals surface area contributed by atoms with Gasteiger partial charge in [-0.05, 0) is 49.3 Å². The Hall–Kier alpha value is -6.39. The van der Waals surface area contributed by atoms with Crippen LogP contribution in [0.2, 0.25) is 0 Å². The average molecular weight is 873 g/mol. The number of carboxylic acids is 1. The van der Waals surface area contributed by atoms with Gasteiger partial charge in [0, 0.05) is 18.4 Å². The van der Waals surface area contributed by atoms with Crippen LogP contribution in [-0.2, 0) is 51.2 Å². The van der Waals surface area contributed by atoms with Crippen molar-refractivity contribution in [3.63, 3.8) is 0 Å². The SMILES string of the molecule is CC(C)[C@H](NC(=O)[C@H](CCC(=O)O)NC(=O)[C@H](Cc1c(F)c(F)c(F)c(F)c1F)NC(=O)[C@@H](C)NC(=O)[C@@H](N)Cc1ccc(O)cc1)C(=O)N[C@H](C(=O)NCC(N)=O)C(C)C. The Balaban J connectivity index is 2.44. The van der Waals surface area contributed by atoms with E-state index in [0.717, 1.165) is 6.92 Å². The van der Waals surface area contributed by atoms with Gasteiger partial charge in [0.25, 0.3) is 0 Å². The van der Waals surface area contributed by atoms with Crippen molar-refractivity contribution in [2.75, 3.05) is 6.54 Å². The maximum atomic E-state index is 14.9. The fourth-order valence-electron chi connectivity index (χ4n) is 5.56. The van der Waals surface area contributed by atoms with Crippen LogP contribution in [0.5, 0.6) is 5.75 Å². The summed E-state index contributed by atoms with van der Waals surface area (Å²) in [5, 5.41) is 32.2. The summed E-state index contributed by atoms with van der Waals surface area (Å²) in [6, 6.07) is -4.13. The number of nitrogens with two attached hydrogens (primary N) is 2.